The molecule has 0 spiro atoms. The number of allylic oxidation sites excluding steroid dienone is 8. The molecule has 0 bridgehead atoms. The van der Waals surface area contributed by atoms with E-state index in [4.69, 9.17) is 13.9 Å². The number of hydrogen-bond donors (Lipinski definition) is 0. The third-order valence-corrected chi connectivity index (χ3v) is 5.67. The van der Waals surface area contributed by atoms with Crippen molar-refractivity contribution in [3.63, 3.8) is 0 Å². The van der Waals surface area contributed by atoms with Crippen molar-refractivity contribution in [1.29, 1.82) is 0 Å². The van der Waals surface area contributed by atoms with Gasteiger partial charge in [0.15, 0.2) is 11.5 Å². The molecule has 0 saturated carbocycles. The summed E-state index contributed by atoms with van der Waals surface area (Å²) in [5, 5.41) is 0.742. The van der Waals surface area contributed by atoms with E-state index in [0.29, 0.717) is 17.8 Å². The lowest BCUT2D eigenvalue weighted by Gasteiger charge is -2.11. The van der Waals surface area contributed by atoms with Gasteiger partial charge in [-0.2, -0.15) is 0 Å². The standard InChI is InChI=1S/C31H40O5/c1-4-5-6-7-8-9-10-11-12-13-14-15-16-17-18-19-20-21-30(32)36-29-24-27-26(23-28(29)34-3)25(2)22-31(33)35-27/h8-9,11-12,14-15,17-18,22-24H,4-7,10,13,16,19-21H2,1-3H3. The van der Waals surface area contributed by atoms with Gasteiger partial charge in [-0.3, -0.25) is 4.79 Å². The molecule has 0 fully saturated rings. The van der Waals surface area contributed by atoms with Crippen LogP contribution in [0.2, 0.25) is 0 Å². The van der Waals surface area contributed by atoms with Crippen molar-refractivity contribution in [3.05, 3.63) is 82.8 Å². The molecule has 5 nitrogen and oxygen atoms in total. The van der Waals surface area contributed by atoms with Crippen molar-refractivity contribution in [2.75, 3.05) is 7.11 Å². The van der Waals surface area contributed by atoms with Gasteiger partial charge in [-0.1, -0.05) is 68.4 Å². The van der Waals surface area contributed by atoms with Crippen LogP contribution in [-0.2, 0) is 4.79 Å². The van der Waals surface area contributed by atoms with Gasteiger partial charge in [-0.15, -0.1) is 0 Å². The number of ether oxygens (including phenoxy) is 2. The Morgan fingerprint density at radius 3 is 2.06 bits per heavy atom. The van der Waals surface area contributed by atoms with Gasteiger partial charge in [-0.25, -0.2) is 4.79 Å². The van der Waals surface area contributed by atoms with E-state index in [0.717, 1.165) is 36.6 Å². The van der Waals surface area contributed by atoms with Gasteiger partial charge in [0.25, 0.3) is 0 Å². The van der Waals surface area contributed by atoms with Gasteiger partial charge in [0.1, 0.15) is 5.58 Å². The Bertz CT molecular complexity index is 1120. The Hall–Kier alpha value is -3.34. The Labute approximate surface area is 215 Å². The van der Waals surface area contributed by atoms with Crippen molar-refractivity contribution < 1.29 is 18.7 Å². The number of unbranched alkanes of at least 4 members (excludes halogenated alkanes) is 4. The lowest BCUT2D eigenvalue weighted by molar-refractivity contribution is -0.134. The van der Waals surface area contributed by atoms with Crippen LogP contribution in [0.15, 0.2) is 76.0 Å². The van der Waals surface area contributed by atoms with Crippen molar-refractivity contribution >= 4 is 16.9 Å². The minimum atomic E-state index is -0.443. The van der Waals surface area contributed by atoms with Crippen LogP contribution in [0.4, 0.5) is 0 Å². The van der Waals surface area contributed by atoms with E-state index in [-0.39, 0.29) is 18.1 Å². The Kier molecular flexibility index (Phi) is 13.8. The molecule has 36 heavy (non-hydrogen) atoms. The summed E-state index contributed by atoms with van der Waals surface area (Å²) in [5.74, 6) is 0.327. The number of methoxy groups -OCH3 is 1. The highest BCUT2D eigenvalue weighted by molar-refractivity contribution is 5.85. The first kappa shape index (κ1) is 28.9. The molecular formula is C31H40O5. The maximum atomic E-state index is 12.3. The summed E-state index contributed by atoms with van der Waals surface area (Å²) in [6.45, 7) is 4.05. The molecule has 5 heteroatoms. The molecule has 0 aliphatic rings. The van der Waals surface area contributed by atoms with E-state index >= 15 is 0 Å². The summed E-state index contributed by atoms with van der Waals surface area (Å²) in [6.07, 6.45) is 27.1. The molecule has 0 N–H and O–H groups in total. The monoisotopic (exact) mass is 492 g/mol. The number of esters is 1. The predicted molar refractivity (Wildman–Crippen MR) is 148 cm³/mol. The molecule has 2 aromatic rings. The SMILES string of the molecule is CCCCCC=CCC=CCC=CCC=CCCCC(=O)Oc1cc2oc(=O)cc(C)c2cc1OC. The molecule has 0 amide bonds. The molecule has 0 unspecified atom stereocenters. The molecule has 0 aliphatic heterocycles. The number of rotatable bonds is 16. The Morgan fingerprint density at radius 1 is 0.833 bits per heavy atom. The molecule has 0 radical (unpaired) electrons. The van der Waals surface area contributed by atoms with Crippen LogP contribution in [0.1, 0.15) is 76.7 Å². The number of benzene rings is 1. The maximum Gasteiger partial charge on any atom is 0.336 e. The van der Waals surface area contributed by atoms with Crippen LogP contribution in [0, 0.1) is 6.92 Å². The Balaban J connectivity index is 1.64. The minimum Gasteiger partial charge on any atom is -0.493 e. The number of carbonyl (C=O) groups excluding carboxylic acids is 1. The summed E-state index contributed by atoms with van der Waals surface area (Å²) in [5.41, 5.74) is 0.697. The van der Waals surface area contributed by atoms with Gasteiger partial charge >= 0.3 is 11.6 Å². The zero-order chi connectivity index (χ0) is 26.0. The topological polar surface area (TPSA) is 65.7 Å². The maximum absolute atomic E-state index is 12.3. The summed E-state index contributed by atoms with van der Waals surface area (Å²) >= 11 is 0. The molecule has 2 rings (SSSR count). The van der Waals surface area contributed by atoms with Crippen LogP contribution >= 0.6 is 0 Å². The summed E-state index contributed by atoms with van der Waals surface area (Å²) in [4.78, 5) is 23.9. The largest absolute Gasteiger partial charge is 0.493 e. The van der Waals surface area contributed by atoms with Crippen LogP contribution in [-0.4, -0.2) is 13.1 Å². The number of carbonyl (C=O) groups is 1. The van der Waals surface area contributed by atoms with Crippen molar-refractivity contribution in [2.24, 2.45) is 0 Å². The van der Waals surface area contributed by atoms with Crippen molar-refractivity contribution in [1.82, 2.24) is 0 Å². The average molecular weight is 493 g/mol. The van der Waals surface area contributed by atoms with Crippen molar-refractivity contribution in [2.45, 2.75) is 78.1 Å². The van der Waals surface area contributed by atoms with E-state index in [9.17, 15) is 9.59 Å². The molecule has 0 saturated heterocycles. The zero-order valence-corrected chi connectivity index (χ0v) is 22.0. The van der Waals surface area contributed by atoms with E-state index in [1.165, 1.54) is 44.9 Å². The first-order valence-electron chi connectivity index (χ1n) is 13.0. The molecule has 0 atom stereocenters. The highest BCUT2D eigenvalue weighted by atomic mass is 16.6. The van der Waals surface area contributed by atoms with Gasteiger partial charge < -0.3 is 13.9 Å². The van der Waals surface area contributed by atoms with E-state index in [2.05, 4.69) is 55.5 Å². The summed E-state index contributed by atoms with van der Waals surface area (Å²) in [6, 6.07) is 4.67. The smallest absolute Gasteiger partial charge is 0.336 e. The average Bonchev–Trinajstić information content (AvgIpc) is 2.85. The van der Waals surface area contributed by atoms with Crippen LogP contribution in [0.5, 0.6) is 11.5 Å². The zero-order valence-electron chi connectivity index (χ0n) is 22.0. The highest BCUT2D eigenvalue weighted by Crippen LogP contribution is 2.33. The lowest BCUT2D eigenvalue weighted by Crippen LogP contribution is -2.08. The first-order valence-corrected chi connectivity index (χ1v) is 13.0. The van der Waals surface area contributed by atoms with Gasteiger partial charge in [0.05, 0.1) is 7.11 Å². The summed E-state index contributed by atoms with van der Waals surface area (Å²) in [7, 11) is 1.51. The van der Waals surface area contributed by atoms with E-state index in [1.54, 1.807) is 6.07 Å². The minimum absolute atomic E-state index is 0.251. The fourth-order valence-electron chi connectivity index (χ4n) is 3.66. The number of fused-ring (bicyclic) bond motifs is 1. The van der Waals surface area contributed by atoms with Gasteiger partial charge in [0.2, 0.25) is 0 Å². The van der Waals surface area contributed by atoms with Gasteiger partial charge in [0, 0.05) is 23.9 Å². The lowest BCUT2D eigenvalue weighted by atomic mass is 10.1. The first-order chi connectivity index (χ1) is 17.5. The van der Waals surface area contributed by atoms with E-state index < -0.39 is 5.63 Å². The predicted octanol–water partition coefficient (Wildman–Crippen LogP) is 8.16. The molecule has 1 aromatic carbocycles. The highest BCUT2D eigenvalue weighted by Gasteiger charge is 2.14. The van der Waals surface area contributed by atoms with Crippen LogP contribution < -0.4 is 15.1 Å². The van der Waals surface area contributed by atoms with E-state index in [1.807, 2.05) is 6.92 Å². The molecule has 1 heterocycles. The normalized spacial score (nSPS) is 12.1. The summed E-state index contributed by atoms with van der Waals surface area (Å²) < 4.78 is 16.1. The second-order valence-electron chi connectivity index (χ2n) is 8.70. The molecule has 194 valence electrons. The fourth-order valence-corrected chi connectivity index (χ4v) is 3.66. The second-order valence-corrected chi connectivity index (χ2v) is 8.70. The number of hydrogen-bond acceptors (Lipinski definition) is 5. The quantitative estimate of drug-likeness (QED) is 0.0777. The third-order valence-electron chi connectivity index (χ3n) is 5.67. The fraction of sp³-hybridized carbons (Fsp3) is 0.419. The van der Waals surface area contributed by atoms with Gasteiger partial charge in [-0.05, 0) is 63.5 Å². The molecule has 0 aliphatic carbocycles. The van der Waals surface area contributed by atoms with Crippen LogP contribution in [0.3, 0.4) is 0 Å². The van der Waals surface area contributed by atoms with Crippen molar-refractivity contribution in [3.8, 4) is 11.5 Å². The second kappa shape index (κ2) is 17.1. The molecule has 1 aromatic heterocycles. The third kappa shape index (κ3) is 10.9. The number of aryl methyl sites for hydroxylation is 1. The Morgan fingerprint density at radius 2 is 1.44 bits per heavy atom. The van der Waals surface area contributed by atoms with Crippen LogP contribution in [0.25, 0.3) is 11.0 Å². The molecular weight excluding hydrogens is 452 g/mol.